The largest absolute Gasteiger partial charge is 0.489 e. The average molecular weight is 511 g/mol. The van der Waals surface area contributed by atoms with Crippen molar-refractivity contribution in [2.45, 2.75) is 20.3 Å². The highest BCUT2D eigenvalue weighted by Crippen LogP contribution is 2.35. The molecule has 0 atom stereocenters. The summed E-state index contributed by atoms with van der Waals surface area (Å²) in [7, 11) is 0. The van der Waals surface area contributed by atoms with Crippen LogP contribution in [0, 0.1) is 0 Å². The van der Waals surface area contributed by atoms with Crippen LogP contribution in [0.1, 0.15) is 20.3 Å². The van der Waals surface area contributed by atoms with Crippen molar-refractivity contribution in [2.24, 2.45) is 0 Å². The molecule has 32 heavy (non-hydrogen) atoms. The number of aliphatic hydroxyl groups is 1. The van der Waals surface area contributed by atoms with Crippen molar-refractivity contribution in [1.82, 2.24) is 14.5 Å². The minimum absolute atomic E-state index is 0.0894. The second-order valence-electron chi connectivity index (χ2n) is 6.32. The van der Waals surface area contributed by atoms with E-state index >= 15 is 0 Å². The predicted octanol–water partition coefficient (Wildman–Crippen LogP) is 4.63. The van der Waals surface area contributed by atoms with Crippen molar-refractivity contribution in [3.05, 3.63) is 45.9 Å². The van der Waals surface area contributed by atoms with Gasteiger partial charge in [-0.15, -0.1) is 0 Å². The number of ether oxygens (including phenoxy) is 3. The minimum Gasteiger partial charge on any atom is -0.489 e. The van der Waals surface area contributed by atoms with Gasteiger partial charge in [-0.25, -0.2) is 9.78 Å². The molecule has 0 radical (unpaired) electrons. The van der Waals surface area contributed by atoms with Gasteiger partial charge in [0.25, 0.3) is 0 Å². The van der Waals surface area contributed by atoms with Gasteiger partial charge in [0.1, 0.15) is 12.9 Å². The van der Waals surface area contributed by atoms with Crippen LogP contribution in [0.5, 0.6) is 5.75 Å². The third-order valence-corrected chi connectivity index (χ3v) is 4.65. The molecule has 1 heterocycles. The summed E-state index contributed by atoms with van der Waals surface area (Å²) in [6.45, 7) is 7.64. The molecule has 0 unspecified atom stereocenters. The van der Waals surface area contributed by atoms with Gasteiger partial charge in [0.05, 0.1) is 43.0 Å². The van der Waals surface area contributed by atoms with E-state index in [1.165, 1.54) is 10.9 Å². The maximum atomic E-state index is 12.3. The third-order valence-electron chi connectivity index (χ3n) is 3.87. The molecular formula is C21H30Cl3N3O5. The first-order chi connectivity index (χ1) is 15.4. The molecule has 0 aliphatic rings. The molecule has 11 heteroatoms. The van der Waals surface area contributed by atoms with Crippen molar-refractivity contribution in [3.8, 4) is 5.75 Å². The number of benzene rings is 1. The van der Waals surface area contributed by atoms with Crippen molar-refractivity contribution in [2.75, 3.05) is 52.7 Å². The first-order valence-corrected chi connectivity index (χ1v) is 11.4. The Hall–Kier alpha value is -1.55. The number of halogens is 3. The highest BCUT2D eigenvalue weighted by Gasteiger charge is 2.15. The van der Waals surface area contributed by atoms with Gasteiger partial charge in [-0.3, -0.25) is 4.57 Å². The van der Waals surface area contributed by atoms with Gasteiger partial charge >= 0.3 is 6.03 Å². The van der Waals surface area contributed by atoms with Crippen LogP contribution in [0.15, 0.2) is 30.9 Å². The molecule has 2 aromatic rings. The van der Waals surface area contributed by atoms with Gasteiger partial charge in [0.15, 0.2) is 5.75 Å². The second-order valence-corrected chi connectivity index (χ2v) is 7.57. The van der Waals surface area contributed by atoms with E-state index in [0.29, 0.717) is 53.7 Å². The van der Waals surface area contributed by atoms with E-state index in [9.17, 15) is 4.79 Å². The van der Waals surface area contributed by atoms with Gasteiger partial charge in [-0.2, -0.15) is 0 Å². The quantitative estimate of drug-likeness (QED) is 0.419. The highest BCUT2D eigenvalue weighted by atomic mass is 35.5. The van der Waals surface area contributed by atoms with Gasteiger partial charge in [0.2, 0.25) is 0 Å². The summed E-state index contributed by atoms with van der Waals surface area (Å²) >= 11 is 18.0. The molecule has 1 aromatic carbocycles. The number of rotatable bonds is 12. The van der Waals surface area contributed by atoms with Gasteiger partial charge in [-0.05, 0) is 25.5 Å². The Morgan fingerprint density at radius 1 is 1.06 bits per heavy atom. The molecule has 1 aromatic heterocycles. The average Bonchev–Trinajstić information content (AvgIpc) is 3.29. The Kier molecular flexibility index (Phi) is 15.1. The monoisotopic (exact) mass is 509 g/mol. The summed E-state index contributed by atoms with van der Waals surface area (Å²) in [5.41, 5.74) is 0. The van der Waals surface area contributed by atoms with Crippen LogP contribution in [0.25, 0.3) is 0 Å². The summed E-state index contributed by atoms with van der Waals surface area (Å²) in [6, 6.07) is 2.97. The molecule has 1 amide bonds. The predicted molar refractivity (Wildman–Crippen MR) is 126 cm³/mol. The number of imidazole rings is 1. The minimum atomic E-state index is -0.152. The fourth-order valence-corrected chi connectivity index (χ4v) is 3.39. The number of nitrogens with zero attached hydrogens (tertiary/aromatic N) is 3. The van der Waals surface area contributed by atoms with E-state index in [2.05, 4.69) is 4.98 Å². The zero-order valence-electron chi connectivity index (χ0n) is 18.3. The van der Waals surface area contributed by atoms with Crippen molar-refractivity contribution in [3.63, 3.8) is 0 Å². The van der Waals surface area contributed by atoms with E-state index in [-0.39, 0.29) is 19.2 Å². The third kappa shape index (κ3) is 10.8. The molecule has 0 saturated heterocycles. The molecule has 0 bridgehead atoms. The Labute approximate surface area is 203 Å². The molecule has 2 rings (SSSR count). The molecule has 0 fully saturated rings. The summed E-state index contributed by atoms with van der Waals surface area (Å²) in [5.74, 6) is 0.365. The van der Waals surface area contributed by atoms with Gasteiger partial charge in [-0.1, -0.05) is 41.7 Å². The summed E-state index contributed by atoms with van der Waals surface area (Å²) in [6.07, 6.45) is 5.48. The van der Waals surface area contributed by atoms with E-state index < -0.39 is 0 Å². The van der Waals surface area contributed by atoms with Crippen LogP contribution < -0.4 is 4.74 Å². The fraction of sp³-hybridized carbons (Fsp3) is 0.524. The zero-order valence-corrected chi connectivity index (χ0v) is 20.6. The topological polar surface area (TPSA) is 86.1 Å². The van der Waals surface area contributed by atoms with E-state index in [1.807, 2.05) is 13.8 Å². The van der Waals surface area contributed by atoms with Crippen molar-refractivity contribution in [1.29, 1.82) is 0 Å². The van der Waals surface area contributed by atoms with E-state index in [0.717, 1.165) is 13.0 Å². The number of hydrogen-bond donors (Lipinski definition) is 1. The first kappa shape index (κ1) is 28.5. The number of carbonyl (C=O) groups is 1. The molecule has 180 valence electrons. The summed E-state index contributed by atoms with van der Waals surface area (Å²) in [5, 5.41) is 9.37. The lowest BCUT2D eigenvalue weighted by Gasteiger charge is -2.22. The Morgan fingerprint density at radius 3 is 2.31 bits per heavy atom. The van der Waals surface area contributed by atoms with Crippen LogP contribution in [0.3, 0.4) is 0 Å². The maximum absolute atomic E-state index is 12.3. The van der Waals surface area contributed by atoms with Crippen LogP contribution >= 0.6 is 34.8 Å². The number of aliphatic hydroxyl groups excluding tert-OH is 1. The van der Waals surface area contributed by atoms with E-state index in [4.69, 9.17) is 54.1 Å². The SMILES string of the molecule is CCCN(CCOc1c(Cl)cc(Cl)cc1Cl)C(=O)n1ccnc1.CCOCCOCCO. The molecule has 0 saturated carbocycles. The molecule has 0 spiro atoms. The number of amides is 1. The Bertz CT molecular complexity index is 749. The Balaban J connectivity index is 0.000000482. The molecule has 0 aliphatic carbocycles. The normalized spacial score (nSPS) is 10.4. The van der Waals surface area contributed by atoms with Crippen LogP contribution in [-0.4, -0.2) is 78.3 Å². The number of carbonyl (C=O) groups excluding carboxylic acids is 1. The summed E-state index contributed by atoms with van der Waals surface area (Å²) in [4.78, 5) is 17.9. The van der Waals surface area contributed by atoms with Crippen molar-refractivity contribution < 1.29 is 24.1 Å². The summed E-state index contributed by atoms with van der Waals surface area (Å²) < 4.78 is 16.9. The van der Waals surface area contributed by atoms with E-state index in [1.54, 1.807) is 29.4 Å². The molecule has 8 nitrogen and oxygen atoms in total. The zero-order chi connectivity index (χ0) is 23.8. The van der Waals surface area contributed by atoms with Gasteiger partial charge < -0.3 is 24.2 Å². The van der Waals surface area contributed by atoms with Gasteiger partial charge in [0, 0.05) is 30.6 Å². The maximum Gasteiger partial charge on any atom is 0.329 e. The second kappa shape index (κ2) is 17.0. The first-order valence-electron chi connectivity index (χ1n) is 10.2. The lowest BCUT2D eigenvalue weighted by molar-refractivity contribution is 0.0370. The smallest absolute Gasteiger partial charge is 0.329 e. The lowest BCUT2D eigenvalue weighted by Crippen LogP contribution is -2.37. The highest BCUT2D eigenvalue weighted by molar-refractivity contribution is 6.40. The molecule has 1 N–H and O–H groups in total. The van der Waals surface area contributed by atoms with Crippen LogP contribution in [0.2, 0.25) is 15.1 Å². The van der Waals surface area contributed by atoms with Crippen LogP contribution in [0.4, 0.5) is 4.79 Å². The Morgan fingerprint density at radius 2 is 1.75 bits per heavy atom. The number of hydrogen-bond acceptors (Lipinski definition) is 6. The molecule has 0 aliphatic heterocycles. The standard InChI is InChI=1S/C15H16Cl3N3O2.C6H14O3/c1-2-4-20(15(22)21-5-3-19-10-21)6-7-23-14-12(17)8-11(16)9-13(14)18;1-2-8-5-6-9-4-3-7/h3,5,8-10H,2,4,6-7H2,1H3;7H,2-6H2,1H3. The van der Waals surface area contributed by atoms with Crippen molar-refractivity contribution >= 4 is 40.8 Å². The number of aromatic nitrogens is 2. The van der Waals surface area contributed by atoms with Crippen LogP contribution in [-0.2, 0) is 9.47 Å². The lowest BCUT2D eigenvalue weighted by atomic mass is 10.3. The fourth-order valence-electron chi connectivity index (χ4n) is 2.46. The molecular weight excluding hydrogens is 481 g/mol.